The van der Waals surface area contributed by atoms with Crippen LogP contribution < -0.4 is 5.11 Å². The molecule has 1 fully saturated rings. The van der Waals surface area contributed by atoms with Crippen molar-refractivity contribution < 1.29 is 19.5 Å². The van der Waals surface area contributed by atoms with Crippen molar-refractivity contribution in [2.45, 2.75) is 13.0 Å². The second-order valence-electron chi connectivity index (χ2n) is 4.10. The number of carboxylic acid groups (broad SMARTS) is 1. The number of thioether (sulfide) groups is 1. The van der Waals surface area contributed by atoms with E-state index in [-0.39, 0.29) is 4.91 Å². The Morgan fingerprint density at radius 3 is 2.50 bits per heavy atom. The van der Waals surface area contributed by atoms with Gasteiger partial charge < -0.3 is 9.90 Å². The molecule has 1 aromatic carbocycles. The highest BCUT2D eigenvalue weighted by atomic mass is 35.5. The van der Waals surface area contributed by atoms with Crippen LogP contribution in [0.4, 0.5) is 4.79 Å². The summed E-state index contributed by atoms with van der Waals surface area (Å²) in [7, 11) is 0. The number of imide groups is 1. The van der Waals surface area contributed by atoms with Gasteiger partial charge in [0.05, 0.1) is 16.9 Å². The zero-order valence-corrected chi connectivity index (χ0v) is 11.9. The zero-order valence-electron chi connectivity index (χ0n) is 10.3. The lowest BCUT2D eigenvalue weighted by molar-refractivity contribution is -0.309. The van der Waals surface area contributed by atoms with Gasteiger partial charge in [0.1, 0.15) is 0 Å². The van der Waals surface area contributed by atoms with Gasteiger partial charge in [0.25, 0.3) is 11.1 Å². The third kappa shape index (κ3) is 2.86. The topological polar surface area (TPSA) is 77.5 Å². The predicted molar refractivity (Wildman–Crippen MR) is 73.7 cm³/mol. The molecule has 0 aliphatic carbocycles. The van der Waals surface area contributed by atoms with Gasteiger partial charge in [-0.2, -0.15) is 0 Å². The lowest BCUT2D eigenvalue weighted by Crippen LogP contribution is -2.48. The number of carboxylic acids is 1. The Labute approximate surface area is 124 Å². The van der Waals surface area contributed by atoms with Crippen molar-refractivity contribution in [3.63, 3.8) is 0 Å². The molecule has 1 heterocycles. The highest BCUT2D eigenvalue weighted by Crippen LogP contribution is 2.33. The summed E-state index contributed by atoms with van der Waals surface area (Å²) in [5, 5.41) is 10.7. The van der Waals surface area contributed by atoms with Crippen LogP contribution in [0.2, 0.25) is 5.02 Å². The first-order valence-corrected chi connectivity index (χ1v) is 6.83. The average Bonchev–Trinajstić information content (AvgIpc) is 2.66. The average molecular weight is 311 g/mol. The van der Waals surface area contributed by atoms with E-state index in [9.17, 15) is 19.5 Å². The number of hydrogen-bond acceptors (Lipinski definition) is 5. The molecule has 1 atom stereocenters. The number of rotatable bonds is 3. The summed E-state index contributed by atoms with van der Waals surface area (Å²) < 4.78 is 0. The van der Waals surface area contributed by atoms with E-state index in [0.717, 1.165) is 0 Å². The van der Waals surface area contributed by atoms with Crippen LogP contribution in [0.15, 0.2) is 29.2 Å². The lowest BCUT2D eigenvalue weighted by Gasteiger charge is -2.21. The fraction of sp³-hybridized carbons (Fsp3) is 0.154. The van der Waals surface area contributed by atoms with Crippen LogP contribution in [-0.4, -0.2) is 28.1 Å². The van der Waals surface area contributed by atoms with Crippen molar-refractivity contribution in [2.24, 2.45) is 0 Å². The summed E-state index contributed by atoms with van der Waals surface area (Å²) in [4.78, 5) is 35.4. The van der Waals surface area contributed by atoms with Crippen LogP contribution in [0.3, 0.4) is 0 Å². The molecule has 0 radical (unpaired) electrons. The van der Waals surface area contributed by atoms with Gasteiger partial charge in [0, 0.05) is 5.02 Å². The summed E-state index contributed by atoms with van der Waals surface area (Å²) >= 11 is 6.45. The molecule has 1 aromatic rings. The van der Waals surface area contributed by atoms with Crippen LogP contribution in [0.5, 0.6) is 0 Å². The number of hydrogen-bond donors (Lipinski definition) is 0. The molecular formula is C13H9ClNO4S-. The Hall–Kier alpha value is -1.79. The minimum absolute atomic E-state index is 0.172. The minimum atomic E-state index is -1.47. The molecule has 0 unspecified atom stereocenters. The van der Waals surface area contributed by atoms with Crippen LogP contribution >= 0.6 is 23.4 Å². The van der Waals surface area contributed by atoms with Gasteiger partial charge in [-0.15, -0.1) is 0 Å². The van der Waals surface area contributed by atoms with Gasteiger partial charge in [0.2, 0.25) is 0 Å². The number of amides is 2. The second-order valence-corrected chi connectivity index (χ2v) is 5.53. The van der Waals surface area contributed by atoms with Crippen molar-refractivity contribution in [1.82, 2.24) is 4.90 Å². The Morgan fingerprint density at radius 2 is 1.95 bits per heavy atom. The highest BCUT2D eigenvalue weighted by Gasteiger charge is 2.38. The third-order valence-electron chi connectivity index (χ3n) is 2.72. The van der Waals surface area contributed by atoms with Crippen LogP contribution in [0.1, 0.15) is 12.5 Å². The molecule has 1 aliphatic heterocycles. The molecule has 0 aromatic heterocycles. The van der Waals surface area contributed by atoms with Crippen molar-refractivity contribution in [3.8, 4) is 0 Å². The number of carbonyl (C=O) groups excluding carboxylic acids is 3. The number of aliphatic carboxylic acids is 1. The smallest absolute Gasteiger partial charge is 0.294 e. The largest absolute Gasteiger partial charge is 0.548 e. The number of nitrogens with zero attached hydrogens (tertiary/aromatic N) is 1. The van der Waals surface area contributed by atoms with Gasteiger partial charge in [0.15, 0.2) is 0 Å². The first-order valence-electron chi connectivity index (χ1n) is 5.63. The minimum Gasteiger partial charge on any atom is -0.548 e. The van der Waals surface area contributed by atoms with Crippen molar-refractivity contribution in [2.75, 3.05) is 0 Å². The molecule has 0 spiro atoms. The molecule has 7 heteroatoms. The van der Waals surface area contributed by atoms with Crippen molar-refractivity contribution in [3.05, 3.63) is 39.8 Å². The van der Waals surface area contributed by atoms with Crippen LogP contribution in [0.25, 0.3) is 6.08 Å². The number of benzene rings is 1. The predicted octanol–water partition coefficient (Wildman–Crippen LogP) is 1.51. The molecule has 5 nitrogen and oxygen atoms in total. The second kappa shape index (κ2) is 5.68. The molecule has 2 amide bonds. The van der Waals surface area contributed by atoms with Crippen molar-refractivity contribution in [1.29, 1.82) is 0 Å². The maximum absolute atomic E-state index is 12.0. The molecule has 0 saturated carbocycles. The molecule has 0 bridgehead atoms. The van der Waals surface area contributed by atoms with E-state index >= 15 is 0 Å². The van der Waals surface area contributed by atoms with E-state index in [2.05, 4.69) is 0 Å². The van der Waals surface area contributed by atoms with E-state index in [1.807, 2.05) is 0 Å². The first-order chi connectivity index (χ1) is 9.40. The molecule has 1 saturated heterocycles. The Bertz CT molecular complexity index is 611. The number of carbonyl (C=O) groups is 3. The Balaban J connectivity index is 2.28. The van der Waals surface area contributed by atoms with E-state index in [1.165, 1.54) is 13.0 Å². The van der Waals surface area contributed by atoms with E-state index in [0.29, 0.717) is 27.2 Å². The lowest BCUT2D eigenvalue weighted by atomic mass is 10.2. The van der Waals surface area contributed by atoms with E-state index in [1.54, 1.807) is 24.3 Å². The van der Waals surface area contributed by atoms with E-state index in [4.69, 9.17) is 11.6 Å². The molecule has 104 valence electrons. The Kier molecular flexibility index (Phi) is 4.15. The van der Waals surface area contributed by atoms with Gasteiger partial charge >= 0.3 is 0 Å². The monoisotopic (exact) mass is 310 g/mol. The number of halogens is 1. The quantitative estimate of drug-likeness (QED) is 0.791. The highest BCUT2D eigenvalue weighted by molar-refractivity contribution is 8.18. The Morgan fingerprint density at radius 1 is 1.35 bits per heavy atom. The summed E-state index contributed by atoms with van der Waals surface area (Å²) in [6.45, 7) is 1.23. The standard InChI is InChI=1S/C13H10ClNO4S/c1-7(12(17)18)15-11(16)10(20-13(15)19)6-8-2-4-9(14)5-3-8/h2-7H,1H3,(H,17,18)/p-1/b10-6-/t7-/m0/s1. The first kappa shape index (κ1) is 14.6. The summed E-state index contributed by atoms with van der Waals surface area (Å²) in [5.74, 6) is -2.10. The van der Waals surface area contributed by atoms with Crippen LogP contribution in [-0.2, 0) is 9.59 Å². The summed E-state index contributed by atoms with van der Waals surface area (Å²) in [6, 6.07) is 5.40. The molecular weight excluding hydrogens is 302 g/mol. The summed E-state index contributed by atoms with van der Waals surface area (Å²) in [6.07, 6.45) is 1.52. The maximum atomic E-state index is 12.0. The van der Waals surface area contributed by atoms with Gasteiger partial charge in [-0.25, -0.2) is 0 Å². The fourth-order valence-corrected chi connectivity index (χ4v) is 2.66. The van der Waals surface area contributed by atoms with E-state index < -0.39 is 23.2 Å². The normalized spacial score (nSPS) is 18.7. The van der Waals surface area contributed by atoms with Gasteiger partial charge in [-0.3, -0.25) is 14.5 Å². The molecule has 0 N–H and O–H groups in total. The molecule has 2 rings (SSSR count). The molecule has 20 heavy (non-hydrogen) atoms. The zero-order chi connectivity index (χ0) is 14.9. The van der Waals surface area contributed by atoms with Crippen molar-refractivity contribution >= 4 is 46.6 Å². The van der Waals surface area contributed by atoms with Crippen LogP contribution in [0, 0.1) is 0 Å². The summed E-state index contributed by atoms with van der Waals surface area (Å²) in [5.41, 5.74) is 0.695. The third-order valence-corrected chi connectivity index (χ3v) is 3.86. The van der Waals surface area contributed by atoms with Gasteiger partial charge in [-0.1, -0.05) is 23.7 Å². The molecule has 1 aliphatic rings. The maximum Gasteiger partial charge on any atom is 0.294 e. The van der Waals surface area contributed by atoms with Gasteiger partial charge in [-0.05, 0) is 42.5 Å². The SMILES string of the molecule is C[C@@H](C(=O)[O-])N1C(=O)S/C(=C\c2ccc(Cl)cc2)C1=O. The fourth-order valence-electron chi connectivity index (χ4n) is 1.63.